The maximum absolute atomic E-state index is 12.1. The summed E-state index contributed by atoms with van der Waals surface area (Å²) in [6, 6.07) is 14.9. The van der Waals surface area contributed by atoms with Gasteiger partial charge >= 0.3 is 0 Å². The molecule has 0 N–H and O–H groups in total. The molecule has 0 heterocycles. The van der Waals surface area contributed by atoms with Crippen molar-refractivity contribution in [1.82, 2.24) is 0 Å². The van der Waals surface area contributed by atoms with E-state index in [1.54, 1.807) is 19.2 Å². The fourth-order valence-corrected chi connectivity index (χ4v) is 1.89. The standard InChI is InChI=1S/C17H18O3/c1-3-13-8-10-14(11-9-13)15(18)12-20-17-7-5-4-6-16(17)19-2/h4-11H,3,12H2,1-2H3. The maximum atomic E-state index is 12.1. The van der Waals surface area contributed by atoms with Crippen molar-refractivity contribution in [3.63, 3.8) is 0 Å². The molecule has 0 bridgehead atoms. The number of ether oxygens (including phenoxy) is 2. The summed E-state index contributed by atoms with van der Waals surface area (Å²) < 4.78 is 10.7. The van der Waals surface area contributed by atoms with Crippen LogP contribution in [0.4, 0.5) is 0 Å². The molecule has 0 spiro atoms. The van der Waals surface area contributed by atoms with E-state index < -0.39 is 0 Å². The maximum Gasteiger partial charge on any atom is 0.200 e. The average Bonchev–Trinajstić information content (AvgIpc) is 2.53. The Morgan fingerprint density at radius 2 is 1.65 bits per heavy atom. The number of ketones is 1. The Morgan fingerprint density at radius 3 is 2.25 bits per heavy atom. The summed E-state index contributed by atoms with van der Waals surface area (Å²) in [7, 11) is 1.58. The fourth-order valence-electron chi connectivity index (χ4n) is 1.89. The summed E-state index contributed by atoms with van der Waals surface area (Å²) in [6.45, 7) is 2.09. The first kappa shape index (κ1) is 14.1. The van der Waals surface area contributed by atoms with Crippen LogP contribution in [0.15, 0.2) is 48.5 Å². The molecule has 0 unspecified atom stereocenters. The van der Waals surface area contributed by atoms with Crippen LogP contribution in [0, 0.1) is 0 Å². The quantitative estimate of drug-likeness (QED) is 0.753. The molecule has 0 aliphatic heterocycles. The molecule has 2 aromatic rings. The number of benzene rings is 2. The van der Waals surface area contributed by atoms with Crippen molar-refractivity contribution < 1.29 is 14.3 Å². The zero-order chi connectivity index (χ0) is 14.4. The molecule has 0 aromatic heterocycles. The monoisotopic (exact) mass is 270 g/mol. The van der Waals surface area contributed by atoms with Crippen LogP contribution in [-0.4, -0.2) is 19.5 Å². The van der Waals surface area contributed by atoms with E-state index >= 15 is 0 Å². The van der Waals surface area contributed by atoms with Gasteiger partial charge in [-0.25, -0.2) is 0 Å². The van der Waals surface area contributed by atoms with E-state index in [-0.39, 0.29) is 12.4 Å². The summed E-state index contributed by atoms with van der Waals surface area (Å²) in [6.07, 6.45) is 0.964. The molecule has 0 atom stereocenters. The minimum Gasteiger partial charge on any atom is -0.493 e. The van der Waals surface area contributed by atoms with E-state index in [0.717, 1.165) is 6.42 Å². The van der Waals surface area contributed by atoms with Gasteiger partial charge in [-0.3, -0.25) is 4.79 Å². The lowest BCUT2D eigenvalue weighted by Crippen LogP contribution is -2.12. The van der Waals surface area contributed by atoms with Gasteiger partial charge < -0.3 is 9.47 Å². The molecule has 0 aliphatic carbocycles. The molecule has 104 valence electrons. The Bertz CT molecular complexity index is 573. The second-order valence-corrected chi connectivity index (χ2v) is 4.41. The number of carbonyl (C=O) groups is 1. The topological polar surface area (TPSA) is 35.5 Å². The molecule has 0 amide bonds. The van der Waals surface area contributed by atoms with Crippen molar-refractivity contribution in [1.29, 1.82) is 0 Å². The lowest BCUT2D eigenvalue weighted by Gasteiger charge is -2.09. The highest BCUT2D eigenvalue weighted by Crippen LogP contribution is 2.25. The van der Waals surface area contributed by atoms with Crippen molar-refractivity contribution in [2.24, 2.45) is 0 Å². The first-order valence-electron chi connectivity index (χ1n) is 6.62. The van der Waals surface area contributed by atoms with Crippen molar-refractivity contribution in [2.75, 3.05) is 13.7 Å². The van der Waals surface area contributed by atoms with Crippen LogP contribution in [0.3, 0.4) is 0 Å². The van der Waals surface area contributed by atoms with Crippen LogP contribution in [-0.2, 0) is 6.42 Å². The van der Waals surface area contributed by atoms with Crippen LogP contribution < -0.4 is 9.47 Å². The molecule has 20 heavy (non-hydrogen) atoms. The first-order valence-corrected chi connectivity index (χ1v) is 6.62. The Labute approximate surface area is 119 Å². The van der Waals surface area contributed by atoms with Gasteiger partial charge in [0.25, 0.3) is 0 Å². The van der Waals surface area contributed by atoms with Gasteiger partial charge in [-0.05, 0) is 24.1 Å². The summed E-state index contributed by atoms with van der Waals surface area (Å²) in [5, 5.41) is 0. The normalized spacial score (nSPS) is 10.1. The predicted octanol–water partition coefficient (Wildman–Crippen LogP) is 3.52. The minimum atomic E-state index is -0.0430. The van der Waals surface area contributed by atoms with Crippen molar-refractivity contribution >= 4 is 5.78 Å². The van der Waals surface area contributed by atoms with E-state index in [1.807, 2.05) is 36.4 Å². The number of Topliss-reactive ketones (excluding diaryl/α,β-unsaturated/α-hetero) is 1. The van der Waals surface area contributed by atoms with Crippen LogP contribution in [0.2, 0.25) is 0 Å². The summed E-state index contributed by atoms with van der Waals surface area (Å²) in [5.41, 5.74) is 1.88. The van der Waals surface area contributed by atoms with Gasteiger partial charge in [-0.2, -0.15) is 0 Å². The lowest BCUT2D eigenvalue weighted by molar-refractivity contribution is 0.0919. The molecule has 3 nitrogen and oxygen atoms in total. The largest absolute Gasteiger partial charge is 0.493 e. The average molecular weight is 270 g/mol. The lowest BCUT2D eigenvalue weighted by atomic mass is 10.1. The third-order valence-corrected chi connectivity index (χ3v) is 3.11. The first-order chi connectivity index (χ1) is 9.74. The molecular weight excluding hydrogens is 252 g/mol. The zero-order valence-electron chi connectivity index (χ0n) is 11.8. The summed E-state index contributed by atoms with van der Waals surface area (Å²) in [5.74, 6) is 1.16. The Kier molecular flexibility index (Phi) is 4.77. The molecule has 3 heteroatoms. The molecule has 0 radical (unpaired) electrons. The van der Waals surface area contributed by atoms with E-state index in [4.69, 9.17) is 9.47 Å². The van der Waals surface area contributed by atoms with E-state index in [0.29, 0.717) is 17.1 Å². The van der Waals surface area contributed by atoms with E-state index in [1.165, 1.54) is 5.56 Å². The highest BCUT2D eigenvalue weighted by Gasteiger charge is 2.09. The second-order valence-electron chi connectivity index (χ2n) is 4.41. The van der Waals surface area contributed by atoms with Crippen molar-refractivity contribution in [3.8, 4) is 11.5 Å². The van der Waals surface area contributed by atoms with Gasteiger partial charge in [0.1, 0.15) is 0 Å². The predicted molar refractivity (Wildman–Crippen MR) is 78.6 cm³/mol. The van der Waals surface area contributed by atoms with Crippen molar-refractivity contribution in [3.05, 3.63) is 59.7 Å². The SMILES string of the molecule is CCc1ccc(C(=O)COc2ccccc2OC)cc1. The van der Waals surface area contributed by atoms with E-state index in [2.05, 4.69) is 6.92 Å². The molecule has 2 rings (SSSR count). The van der Waals surface area contributed by atoms with Gasteiger partial charge in [-0.15, -0.1) is 0 Å². The summed E-state index contributed by atoms with van der Waals surface area (Å²) in [4.78, 5) is 12.1. The highest BCUT2D eigenvalue weighted by molar-refractivity contribution is 5.97. The second kappa shape index (κ2) is 6.75. The minimum absolute atomic E-state index is 0.00580. The number of carbonyl (C=O) groups excluding carboxylic acids is 1. The molecule has 0 aliphatic rings. The van der Waals surface area contributed by atoms with Gasteiger partial charge in [0.15, 0.2) is 23.9 Å². The van der Waals surface area contributed by atoms with Gasteiger partial charge in [-0.1, -0.05) is 43.3 Å². The summed E-state index contributed by atoms with van der Waals surface area (Å²) >= 11 is 0. The molecule has 0 saturated carbocycles. The number of hydrogen-bond donors (Lipinski definition) is 0. The third kappa shape index (κ3) is 3.38. The molecule has 0 fully saturated rings. The van der Waals surface area contributed by atoms with Crippen LogP contribution in [0.5, 0.6) is 11.5 Å². The smallest absolute Gasteiger partial charge is 0.200 e. The molecule has 2 aromatic carbocycles. The van der Waals surface area contributed by atoms with Crippen molar-refractivity contribution in [2.45, 2.75) is 13.3 Å². The molecular formula is C17H18O3. The fraction of sp³-hybridized carbons (Fsp3) is 0.235. The van der Waals surface area contributed by atoms with Crippen LogP contribution in [0.25, 0.3) is 0 Å². The Morgan fingerprint density at radius 1 is 1.00 bits per heavy atom. The zero-order valence-corrected chi connectivity index (χ0v) is 11.8. The molecule has 0 saturated heterocycles. The number of rotatable bonds is 6. The number of hydrogen-bond acceptors (Lipinski definition) is 3. The number of aryl methyl sites for hydroxylation is 1. The Hall–Kier alpha value is -2.29. The van der Waals surface area contributed by atoms with Gasteiger partial charge in [0.2, 0.25) is 0 Å². The Balaban J connectivity index is 2.01. The van der Waals surface area contributed by atoms with Gasteiger partial charge in [0, 0.05) is 5.56 Å². The number of para-hydroxylation sites is 2. The van der Waals surface area contributed by atoms with Crippen LogP contribution >= 0.6 is 0 Å². The highest BCUT2D eigenvalue weighted by atomic mass is 16.5. The van der Waals surface area contributed by atoms with Crippen LogP contribution in [0.1, 0.15) is 22.8 Å². The number of methoxy groups -OCH3 is 1. The van der Waals surface area contributed by atoms with E-state index in [9.17, 15) is 4.79 Å². The van der Waals surface area contributed by atoms with Gasteiger partial charge in [0.05, 0.1) is 7.11 Å². The third-order valence-electron chi connectivity index (χ3n) is 3.11.